The third kappa shape index (κ3) is 3.75. The standard InChI is InChI=1S/C20H26FN3O/c1-13(2)24-15(4)10-19(22-24)20(25)23-8-7-17(12-23)11-16-5-6-18(21)14(3)9-16/h5-6,9-10,13,17H,7-8,11-12H2,1-4H3. The van der Waals surface area contributed by atoms with Crippen LogP contribution >= 0.6 is 0 Å². The molecular weight excluding hydrogens is 317 g/mol. The first kappa shape index (κ1) is 17.6. The minimum atomic E-state index is -0.164. The van der Waals surface area contributed by atoms with Crippen LogP contribution in [0.1, 0.15) is 53.6 Å². The summed E-state index contributed by atoms with van der Waals surface area (Å²) in [6.45, 7) is 9.39. The molecule has 0 aliphatic carbocycles. The van der Waals surface area contributed by atoms with Crippen LogP contribution in [0, 0.1) is 25.6 Å². The summed E-state index contributed by atoms with van der Waals surface area (Å²) < 4.78 is 15.3. The van der Waals surface area contributed by atoms with Gasteiger partial charge in [0.1, 0.15) is 5.82 Å². The quantitative estimate of drug-likeness (QED) is 0.844. The van der Waals surface area contributed by atoms with Gasteiger partial charge in [0.25, 0.3) is 5.91 Å². The molecule has 0 spiro atoms. The molecule has 0 bridgehead atoms. The Kier molecular flexibility index (Phi) is 4.93. The summed E-state index contributed by atoms with van der Waals surface area (Å²) in [5, 5.41) is 4.47. The largest absolute Gasteiger partial charge is 0.337 e. The number of amides is 1. The van der Waals surface area contributed by atoms with Crippen molar-refractivity contribution in [2.75, 3.05) is 13.1 Å². The highest BCUT2D eigenvalue weighted by atomic mass is 19.1. The molecule has 1 unspecified atom stereocenters. The van der Waals surface area contributed by atoms with Crippen molar-refractivity contribution in [1.29, 1.82) is 0 Å². The maximum Gasteiger partial charge on any atom is 0.274 e. The van der Waals surface area contributed by atoms with Crippen molar-refractivity contribution in [1.82, 2.24) is 14.7 Å². The van der Waals surface area contributed by atoms with Gasteiger partial charge in [-0.3, -0.25) is 9.48 Å². The summed E-state index contributed by atoms with van der Waals surface area (Å²) in [6, 6.07) is 7.41. The Bertz CT molecular complexity index is 781. The molecule has 1 fully saturated rings. The lowest BCUT2D eigenvalue weighted by Gasteiger charge is -2.15. The fourth-order valence-corrected chi connectivity index (χ4v) is 3.63. The van der Waals surface area contributed by atoms with Crippen LogP contribution in [0.3, 0.4) is 0 Å². The molecule has 1 saturated heterocycles. The lowest BCUT2D eigenvalue weighted by molar-refractivity contribution is 0.0780. The SMILES string of the molecule is Cc1cc(CC2CCN(C(=O)c3cc(C)n(C(C)C)n3)C2)ccc1F. The molecule has 1 amide bonds. The third-order valence-corrected chi connectivity index (χ3v) is 4.95. The first-order chi connectivity index (χ1) is 11.8. The van der Waals surface area contributed by atoms with E-state index in [1.165, 1.54) is 6.07 Å². The minimum absolute atomic E-state index is 0.0142. The van der Waals surface area contributed by atoms with Crippen molar-refractivity contribution >= 4 is 5.91 Å². The van der Waals surface area contributed by atoms with Crippen LogP contribution < -0.4 is 0 Å². The minimum Gasteiger partial charge on any atom is -0.337 e. The molecule has 0 radical (unpaired) electrons. The number of benzene rings is 1. The van der Waals surface area contributed by atoms with Gasteiger partial charge in [0.05, 0.1) is 0 Å². The van der Waals surface area contributed by atoms with Gasteiger partial charge in [-0.1, -0.05) is 12.1 Å². The van der Waals surface area contributed by atoms with Crippen molar-refractivity contribution in [2.45, 2.75) is 46.6 Å². The van der Waals surface area contributed by atoms with E-state index in [1.54, 1.807) is 6.92 Å². The predicted octanol–water partition coefficient (Wildman–Crippen LogP) is 3.92. The monoisotopic (exact) mass is 343 g/mol. The van der Waals surface area contributed by atoms with Crippen LogP contribution in [-0.4, -0.2) is 33.7 Å². The van der Waals surface area contributed by atoms with Gasteiger partial charge in [-0.05, 0) is 69.7 Å². The number of aromatic nitrogens is 2. The van der Waals surface area contributed by atoms with E-state index in [0.29, 0.717) is 17.2 Å². The molecule has 134 valence electrons. The average Bonchev–Trinajstić information content (AvgIpc) is 3.17. The highest BCUT2D eigenvalue weighted by Crippen LogP contribution is 2.23. The molecule has 0 N–H and O–H groups in total. The van der Waals surface area contributed by atoms with Crippen LogP contribution in [0.5, 0.6) is 0 Å². The van der Waals surface area contributed by atoms with Gasteiger partial charge in [-0.25, -0.2) is 4.39 Å². The normalized spacial score (nSPS) is 17.5. The lowest BCUT2D eigenvalue weighted by Crippen LogP contribution is -2.29. The Morgan fingerprint density at radius 1 is 1.32 bits per heavy atom. The topological polar surface area (TPSA) is 38.1 Å². The highest BCUT2D eigenvalue weighted by Gasteiger charge is 2.28. The number of nitrogens with zero attached hydrogens (tertiary/aromatic N) is 3. The molecule has 1 aliphatic rings. The van der Waals surface area contributed by atoms with Gasteiger partial charge in [0, 0.05) is 24.8 Å². The second kappa shape index (κ2) is 6.98. The Balaban J connectivity index is 1.65. The summed E-state index contributed by atoms with van der Waals surface area (Å²) in [5.41, 5.74) is 3.36. The molecule has 25 heavy (non-hydrogen) atoms. The zero-order valence-electron chi connectivity index (χ0n) is 15.4. The molecule has 5 heteroatoms. The summed E-state index contributed by atoms with van der Waals surface area (Å²) >= 11 is 0. The number of aryl methyl sites for hydroxylation is 2. The molecule has 1 aromatic carbocycles. The molecule has 2 heterocycles. The molecule has 2 aromatic rings. The van der Waals surface area contributed by atoms with Crippen LogP contribution in [0.2, 0.25) is 0 Å². The number of carbonyl (C=O) groups is 1. The van der Waals surface area contributed by atoms with Gasteiger partial charge in [0.2, 0.25) is 0 Å². The summed E-state index contributed by atoms with van der Waals surface area (Å²) in [5.74, 6) is 0.269. The summed E-state index contributed by atoms with van der Waals surface area (Å²) in [4.78, 5) is 14.6. The van der Waals surface area contributed by atoms with E-state index in [4.69, 9.17) is 0 Å². The number of hydrogen-bond acceptors (Lipinski definition) is 2. The van der Waals surface area contributed by atoms with Gasteiger partial charge in [0.15, 0.2) is 5.69 Å². The number of likely N-dealkylation sites (tertiary alicyclic amines) is 1. The third-order valence-electron chi connectivity index (χ3n) is 4.95. The van der Waals surface area contributed by atoms with E-state index in [2.05, 4.69) is 18.9 Å². The second-order valence-corrected chi connectivity index (χ2v) is 7.40. The molecule has 1 aromatic heterocycles. The Morgan fingerprint density at radius 2 is 2.08 bits per heavy atom. The van der Waals surface area contributed by atoms with Crippen molar-refractivity contribution < 1.29 is 9.18 Å². The zero-order valence-corrected chi connectivity index (χ0v) is 15.4. The van der Waals surface area contributed by atoms with E-state index in [-0.39, 0.29) is 17.8 Å². The van der Waals surface area contributed by atoms with Crippen LogP contribution in [0.15, 0.2) is 24.3 Å². The molecule has 3 rings (SSSR count). The van der Waals surface area contributed by atoms with E-state index in [0.717, 1.165) is 37.2 Å². The number of rotatable bonds is 4. The number of halogens is 1. The van der Waals surface area contributed by atoms with Gasteiger partial charge in [-0.15, -0.1) is 0 Å². The van der Waals surface area contributed by atoms with Crippen molar-refractivity contribution in [2.24, 2.45) is 5.92 Å². The van der Waals surface area contributed by atoms with Crippen molar-refractivity contribution in [3.8, 4) is 0 Å². The molecule has 1 atom stereocenters. The summed E-state index contributed by atoms with van der Waals surface area (Å²) in [7, 11) is 0. The van der Waals surface area contributed by atoms with Crippen molar-refractivity contribution in [3.63, 3.8) is 0 Å². The first-order valence-electron chi connectivity index (χ1n) is 8.95. The van der Waals surface area contributed by atoms with E-state index in [9.17, 15) is 9.18 Å². The summed E-state index contributed by atoms with van der Waals surface area (Å²) in [6.07, 6.45) is 1.86. The zero-order chi connectivity index (χ0) is 18.1. The van der Waals surface area contributed by atoms with Crippen LogP contribution in [0.25, 0.3) is 0 Å². The number of carbonyl (C=O) groups excluding carboxylic acids is 1. The fraction of sp³-hybridized carbons (Fsp3) is 0.500. The van der Waals surface area contributed by atoms with Gasteiger partial charge in [-0.2, -0.15) is 5.10 Å². The Hall–Kier alpha value is -2.17. The number of hydrogen-bond donors (Lipinski definition) is 0. The average molecular weight is 343 g/mol. The van der Waals surface area contributed by atoms with E-state index in [1.807, 2.05) is 34.7 Å². The van der Waals surface area contributed by atoms with Crippen LogP contribution in [-0.2, 0) is 6.42 Å². The molecular formula is C20H26FN3O. The Morgan fingerprint density at radius 3 is 2.72 bits per heavy atom. The fourth-order valence-electron chi connectivity index (χ4n) is 3.63. The Labute approximate surface area is 148 Å². The predicted molar refractivity (Wildman–Crippen MR) is 96.2 cm³/mol. The van der Waals surface area contributed by atoms with Crippen molar-refractivity contribution in [3.05, 3.63) is 52.6 Å². The lowest BCUT2D eigenvalue weighted by atomic mass is 9.97. The first-order valence-corrected chi connectivity index (χ1v) is 8.95. The molecule has 0 saturated carbocycles. The highest BCUT2D eigenvalue weighted by molar-refractivity contribution is 5.92. The van der Waals surface area contributed by atoms with Crippen LogP contribution in [0.4, 0.5) is 4.39 Å². The molecule has 4 nitrogen and oxygen atoms in total. The van der Waals surface area contributed by atoms with Gasteiger partial charge >= 0.3 is 0 Å². The molecule has 1 aliphatic heterocycles. The van der Waals surface area contributed by atoms with Gasteiger partial charge < -0.3 is 4.90 Å². The second-order valence-electron chi connectivity index (χ2n) is 7.40. The smallest absolute Gasteiger partial charge is 0.274 e. The van der Waals surface area contributed by atoms with E-state index >= 15 is 0 Å². The maximum atomic E-state index is 13.4. The van der Waals surface area contributed by atoms with E-state index < -0.39 is 0 Å². The maximum absolute atomic E-state index is 13.4.